The van der Waals surface area contributed by atoms with Crippen molar-refractivity contribution in [3.8, 4) is 5.75 Å². The van der Waals surface area contributed by atoms with Gasteiger partial charge in [-0.15, -0.1) is 0 Å². The van der Waals surface area contributed by atoms with Crippen molar-refractivity contribution in [1.29, 1.82) is 0 Å². The Morgan fingerprint density at radius 3 is 2.78 bits per heavy atom. The van der Waals surface area contributed by atoms with Gasteiger partial charge in [0.05, 0.1) is 0 Å². The summed E-state index contributed by atoms with van der Waals surface area (Å²) >= 11 is 0. The molecule has 1 heterocycles. The number of hydrogen-bond donors (Lipinski definition) is 1. The molecule has 0 spiro atoms. The lowest BCUT2D eigenvalue weighted by atomic mass is 9.92. The second-order valence-corrected chi connectivity index (χ2v) is 5.34. The Hall–Kier alpha value is -1.02. The highest BCUT2D eigenvalue weighted by Gasteiger charge is 2.26. The van der Waals surface area contributed by atoms with Crippen LogP contribution < -0.4 is 10.1 Å². The van der Waals surface area contributed by atoms with Crippen LogP contribution in [0.1, 0.15) is 39.2 Å². The van der Waals surface area contributed by atoms with Gasteiger partial charge in [0, 0.05) is 12.5 Å². The maximum atomic E-state index is 6.02. The smallest absolute Gasteiger partial charge is 0.123 e. The Kier molecular flexibility index (Phi) is 4.65. The number of fused-ring (bicyclic) bond motifs is 1. The zero-order valence-electron chi connectivity index (χ0n) is 11.8. The van der Waals surface area contributed by atoms with Crippen LogP contribution in [-0.4, -0.2) is 18.7 Å². The second-order valence-electron chi connectivity index (χ2n) is 5.34. The summed E-state index contributed by atoms with van der Waals surface area (Å²) in [5.74, 6) is 1.75. The third-order valence-electron chi connectivity index (χ3n) is 3.94. The van der Waals surface area contributed by atoms with E-state index in [1.807, 2.05) is 0 Å². The molecule has 2 heteroatoms. The van der Waals surface area contributed by atoms with E-state index in [-0.39, 0.29) is 0 Å². The SMILES string of the molecule is CCNC(CC)C(C)CC1Cc2ccccc2O1. The standard InChI is InChI=1S/C16H25NO/c1-4-15(17-5-2)12(3)10-14-11-13-8-6-7-9-16(13)18-14/h6-9,12,14-15,17H,4-5,10-11H2,1-3H3. The number of ether oxygens (including phenoxy) is 1. The van der Waals surface area contributed by atoms with Crippen LogP contribution in [0, 0.1) is 5.92 Å². The van der Waals surface area contributed by atoms with Crippen LogP contribution in [0.4, 0.5) is 0 Å². The summed E-state index contributed by atoms with van der Waals surface area (Å²) in [5.41, 5.74) is 1.37. The Morgan fingerprint density at radius 1 is 1.33 bits per heavy atom. The fourth-order valence-electron chi connectivity index (χ4n) is 2.97. The summed E-state index contributed by atoms with van der Waals surface area (Å²) in [6.45, 7) is 7.82. The van der Waals surface area contributed by atoms with E-state index in [4.69, 9.17) is 4.74 Å². The van der Waals surface area contributed by atoms with E-state index in [1.165, 1.54) is 12.0 Å². The van der Waals surface area contributed by atoms with Crippen molar-refractivity contribution in [2.24, 2.45) is 5.92 Å². The molecule has 2 rings (SSSR count). The fraction of sp³-hybridized carbons (Fsp3) is 0.625. The molecule has 1 aliphatic rings. The third kappa shape index (κ3) is 3.05. The minimum Gasteiger partial charge on any atom is -0.490 e. The van der Waals surface area contributed by atoms with Gasteiger partial charge in [0.25, 0.3) is 0 Å². The highest BCUT2D eigenvalue weighted by molar-refractivity contribution is 5.37. The van der Waals surface area contributed by atoms with Crippen molar-refractivity contribution in [3.05, 3.63) is 29.8 Å². The lowest BCUT2D eigenvalue weighted by molar-refractivity contribution is 0.181. The lowest BCUT2D eigenvalue weighted by Crippen LogP contribution is -2.36. The van der Waals surface area contributed by atoms with E-state index in [0.717, 1.165) is 25.1 Å². The third-order valence-corrected chi connectivity index (χ3v) is 3.94. The molecule has 18 heavy (non-hydrogen) atoms. The van der Waals surface area contributed by atoms with Crippen LogP contribution in [-0.2, 0) is 6.42 Å². The molecular weight excluding hydrogens is 222 g/mol. The Balaban J connectivity index is 1.89. The number of rotatable bonds is 6. The maximum absolute atomic E-state index is 6.02. The summed E-state index contributed by atoms with van der Waals surface area (Å²) in [5, 5.41) is 3.57. The first-order chi connectivity index (χ1) is 8.74. The van der Waals surface area contributed by atoms with Gasteiger partial charge in [-0.1, -0.05) is 39.0 Å². The van der Waals surface area contributed by atoms with Gasteiger partial charge in [0.1, 0.15) is 11.9 Å². The van der Waals surface area contributed by atoms with Crippen LogP contribution in [0.15, 0.2) is 24.3 Å². The molecule has 1 aromatic rings. The van der Waals surface area contributed by atoms with Gasteiger partial charge in [-0.05, 0) is 36.9 Å². The van der Waals surface area contributed by atoms with Gasteiger partial charge in [0.15, 0.2) is 0 Å². The van der Waals surface area contributed by atoms with E-state index in [1.54, 1.807) is 0 Å². The molecule has 2 nitrogen and oxygen atoms in total. The summed E-state index contributed by atoms with van der Waals surface area (Å²) in [6, 6.07) is 9.03. The van der Waals surface area contributed by atoms with Crippen LogP contribution in [0.5, 0.6) is 5.75 Å². The van der Waals surface area contributed by atoms with Gasteiger partial charge in [-0.2, -0.15) is 0 Å². The molecule has 0 aromatic heterocycles. The molecule has 3 unspecified atom stereocenters. The molecule has 0 saturated heterocycles. The monoisotopic (exact) mass is 247 g/mol. The molecular formula is C16H25NO. The molecule has 100 valence electrons. The maximum Gasteiger partial charge on any atom is 0.123 e. The molecule has 0 saturated carbocycles. The van der Waals surface area contributed by atoms with Gasteiger partial charge < -0.3 is 10.1 Å². The lowest BCUT2D eigenvalue weighted by Gasteiger charge is -2.25. The topological polar surface area (TPSA) is 21.3 Å². The van der Waals surface area contributed by atoms with Crippen molar-refractivity contribution in [2.75, 3.05) is 6.54 Å². The molecule has 0 fully saturated rings. The van der Waals surface area contributed by atoms with Crippen molar-refractivity contribution in [3.63, 3.8) is 0 Å². The van der Waals surface area contributed by atoms with Gasteiger partial charge >= 0.3 is 0 Å². The predicted molar refractivity (Wildman–Crippen MR) is 76.1 cm³/mol. The number of para-hydroxylation sites is 1. The van der Waals surface area contributed by atoms with E-state index >= 15 is 0 Å². The first-order valence-electron chi connectivity index (χ1n) is 7.22. The Morgan fingerprint density at radius 2 is 2.11 bits per heavy atom. The Bertz CT molecular complexity index is 352. The molecule has 1 aliphatic heterocycles. The average Bonchev–Trinajstić information content (AvgIpc) is 2.77. The summed E-state index contributed by atoms with van der Waals surface area (Å²) in [6.07, 6.45) is 3.77. The van der Waals surface area contributed by atoms with Crippen LogP contribution >= 0.6 is 0 Å². The van der Waals surface area contributed by atoms with E-state index < -0.39 is 0 Å². The highest BCUT2D eigenvalue weighted by atomic mass is 16.5. The first-order valence-corrected chi connectivity index (χ1v) is 7.22. The summed E-state index contributed by atoms with van der Waals surface area (Å²) < 4.78 is 6.02. The number of hydrogen-bond acceptors (Lipinski definition) is 2. The van der Waals surface area contributed by atoms with Crippen LogP contribution in [0.2, 0.25) is 0 Å². The van der Waals surface area contributed by atoms with Crippen LogP contribution in [0.25, 0.3) is 0 Å². The van der Waals surface area contributed by atoms with Gasteiger partial charge in [-0.25, -0.2) is 0 Å². The predicted octanol–water partition coefficient (Wildman–Crippen LogP) is 3.40. The highest BCUT2D eigenvalue weighted by Crippen LogP contribution is 2.31. The zero-order chi connectivity index (χ0) is 13.0. The van der Waals surface area contributed by atoms with Crippen molar-refractivity contribution < 1.29 is 4.74 Å². The van der Waals surface area contributed by atoms with E-state index in [0.29, 0.717) is 18.1 Å². The average molecular weight is 247 g/mol. The minimum atomic E-state index is 0.366. The van der Waals surface area contributed by atoms with Gasteiger partial charge in [0.2, 0.25) is 0 Å². The Labute approximate surface area is 111 Å². The molecule has 3 atom stereocenters. The minimum absolute atomic E-state index is 0.366. The first kappa shape index (κ1) is 13.4. The van der Waals surface area contributed by atoms with E-state index in [2.05, 4.69) is 50.4 Å². The molecule has 0 radical (unpaired) electrons. The normalized spacial score (nSPS) is 21.2. The molecule has 1 aromatic carbocycles. The summed E-state index contributed by atoms with van der Waals surface area (Å²) in [4.78, 5) is 0. The van der Waals surface area contributed by atoms with Crippen molar-refractivity contribution >= 4 is 0 Å². The number of benzene rings is 1. The van der Waals surface area contributed by atoms with Gasteiger partial charge in [-0.3, -0.25) is 0 Å². The molecule has 0 bridgehead atoms. The summed E-state index contributed by atoms with van der Waals surface area (Å²) in [7, 11) is 0. The zero-order valence-corrected chi connectivity index (χ0v) is 11.8. The van der Waals surface area contributed by atoms with Crippen molar-refractivity contribution in [1.82, 2.24) is 5.32 Å². The second kappa shape index (κ2) is 6.24. The van der Waals surface area contributed by atoms with Crippen LogP contribution in [0.3, 0.4) is 0 Å². The molecule has 1 N–H and O–H groups in total. The molecule has 0 amide bonds. The van der Waals surface area contributed by atoms with E-state index in [9.17, 15) is 0 Å². The quantitative estimate of drug-likeness (QED) is 0.832. The fourth-order valence-corrected chi connectivity index (χ4v) is 2.97. The number of nitrogens with one attached hydrogen (secondary N) is 1. The molecule has 0 aliphatic carbocycles. The largest absolute Gasteiger partial charge is 0.490 e. The van der Waals surface area contributed by atoms with Crippen molar-refractivity contribution in [2.45, 2.75) is 52.2 Å².